The van der Waals surface area contributed by atoms with Crippen LogP contribution in [0.1, 0.15) is 81.8 Å². The second-order valence-corrected chi connectivity index (χ2v) is 6.63. The van der Waals surface area contributed by atoms with Gasteiger partial charge in [0.05, 0.1) is 0 Å². The van der Waals surface area contributed by atoms with Crippen LogP contribution < -0.4 is 0 Å². The molecule has 0 heteroatoms. The van der Waals surface area contributed by atoms with Crippen LogP contribution in [0, 0.1) is 0 Å². The number of rotatable bonds is 2. The van der Waals surface area contributed by atoms with E-state index < -0.39 is 0 Å². The third-order valence-electron chi connectivity index (χ3n) is 4.62. The van der Waals surface area contributed by atoms with E-state index in [1.54, 1.807) is 0 Å². The smallest absolute Gasteiger partial charge is 0.0162 e. The molecule has 0 unspecified atom stereocenters. The quantitative estimate of drug-likeness (QED) is 0.562. The maximum Gasteiger partial charge on any atom is -0.0162 e. The van der Waals surface area contributed by atoms with E-state index in [1.807, 2.05) is 0 Å². The van der Waals surface area contributed by atoms with Crippen molar-refractivity contribution in [2.45, 2.75) is 70.6 Å². The zero-order valence-electron chi connectivity index (χ0n) is 13.7. The normalized spacial score (nSPS) is 16.9. The third kappa shape index (κ3) is 5.53. The average molecular weight is 282 g/mol. The lowest BCUT2D eigenvalue weighted by Gasteiger charge is -2.19. The Kier molecular flexibility index (Phi) is 6.79. The lowest BCUT2D eigenvalue weighted by Crippen LogP contribution is -2.01. The minimum absolute atomic E-state index is 0.576. The Labute approximate surface area is 130 Å². The van der Waals surface area contributed by atoms with Crippen molar-refractivity contribution in [1.82, 2.24) is 0 Å². The Morgan fingerprint density at radius 1 is 0.714 bits per heavy atom. The highest BCUT2D eigenvalue weighted by molar-refractivity contribution is 5.21. The molecule has 0 heterocycles. The van der Waals surface area contributed by atoms with Crippen molar-refractivity contribution in [1.29, 1.82) is 0 Å². The van der Waals surface area contributed by atoms with Gasteiger partial charge in [0.25, 0.3) is 0 Å². The average Bonchev–Trinajstić information content (AvgIpc) is 2.44. The summed E-state index contributed by atoms with van der Waals surface area (Å²) in [5.74, 6) is 1.33. The summed E-state index contributed by atoms with van der Waals surface area (Å²) in [5, 5.41) is 0. The van der Waals surface area contributed by atoms with Gasteiger partial charge in [-0.15, -0.1) is 0 Å². The Hall–Kier alpha value is -1.30. The predicted molar refractivity (Wildman–Crippen MR) is 93.2 cm³/mol. The molecule has 1 aromatic carbocycles. The maximum atomic E-state index is 2.35. The summed E-state index contributed by atoms with van der Waals surface area (Å²) < 4.78 is 0. The molecule has 0 amide bonds. The highest BCUT2D eigenvalue weighted by Crippen LogP contribution is 2.30. The highest BCUT2D eigenvalue weighted by atomic mass is 14.2. The van der Waals surface area contributed by atoms with Crippen molar-refractivity contribution in [3.63, 3.8) is 0 Å². The second-order valence-electron chi connectivity index (χ2n) is 6.63. The van der Waals surface area contributed by atoms with Crippen LogP contribution in [-0.4, -0.2) is 0 Å². The van der Waals surface area contributed by atoms with Crippen molar-refractivity contribution in [3.05, 3.63) is 59.7 Å². The predicted octanol–water partition coefficient (Wildman–Crippen LogP) is 6.76. The molecule has 0 N–H and O–H groups in total. The molecule has 1 aromatic rings. The minimum atomic E-state index is 0.576. The first kappa shape index (κ1) is 16.1. The zero-order valence-corrected chi connectivity index (χ0v) is 13.7. The molecular weight excluding hydrogens is 252 g/mol. The van der Waals surface area contributed by atoms with Crippen LogP contribution in [0.25, 0.3) is 0 Å². The summed E-state index contributed by atoms with van der Waals surface area (Å²) in [7, 11) is 0. The van der Waals surface area contributed by atoms with E-state index in [2.05, 4.69) is 62.4 Å². The molecule has 2 rings (SSSR count). The van der Waals surface area contributed by atoms with Gasteiger partial charge in [0.2, 0.25) is 0 Å². The summed E-state index contributed by atoms with van der Waals surface area (Å²) in [5.41, 5.74) is 2.91. The molecule has 0 aromatic heterocycles. The first-order chi connectivity index (χ1) is 10.3. The third-order valence-corrected chi connectivity index (χ3v) is 4.62. The second kappa shape index (κ2) is 8.87. The molecule has 0 aliphatic heterocycles. The van der Waals surface area contributed by atoms with Gasteiger partial charge in [-0.05, 0) is 35.8 Å². The summed E-state index contributed by atoms with van der Waals surface area (Å²) in [6.45, 7) is 4.51. The monoisotopic (exact) mass is 282 g/mol. The Morgan fingerprint density at radius 3 is 2.00 bits per heavy atom. The van der Waals surface area contributed by atoms with E-state index in [4.69, 9.17) is 0 Å². The minimum Gasteiger partial charge on any atom is -0.0622 e. The molecule has 0 bridgehead atoms. The van der Waals surface area contributed by atoms with Crippen LogP contribution in [0.2, 0.25) is 0 Å². The zero-order chi connectivity index (χ0) is 14.9. The highest BCUT2D eigenvalue weighted by Gasteiger charge is 2.12. The van der Waals surface area contributed by atoms with Crippen LogP contribution in [0.3, 0.4) is 0 Å². The van der Waals surface area contributed by atoms with Crippen LogP contribution in [0.4, 0.5) is 0 Å². The van der Waals surface area contributed by atoms with Crippen molar-refractivity contribution in [2.75, 3.05) is 0 Å². The summed E-state index contributed by atoms with van der Waals surface area (Å²) in [4.78, 5) is 0. The standard InChI is InChI=1S/C21H30/c1-18(2)19-12-9-6-10-15-21(17-11-16-19)20-13-7-4-3-5-8-14-20/h6,9-12,15-18,20H,3-5,7-8,13-14H2,1-2H3. The van der Waals surface area contributed by atoms with E-state index in [0.29, 0.717) is 5.92 Å². The fourth-order valence-corrected chi connectivity index (χ4v) is 3.23. The van der Waals surface area contributed by atoms with Gasteiger partial charge < -0.3 is 0 Å². The van der Waals surface area contributed by atoms with Crippen molar-refractivity contribution in [2.24, 2.45) is 0 Å². The molecule has 1 saturated carbocycles. The summed E-state index contributed by atoms with van der Waals surface area (Å²) >= 11 is 0. The largest absolute Gasteiger partial charge is 0.0622 e. The molecular formula is C21H30. The van der Waals surface area contributed by atoms with Crippen molar-refractivity contribution in [3.8, 4) is 0 Å². The van der Waals surface area contributed by atoms with E-state index in [9.17, 15) is 0 Å². The Balaban J connectivity index is 2.26. The van der Waals surface area contributed by atoms with Gasteiger partial charge in [0.15, 0.2) is 0 Å². The molecule has 0 atom stereocenters. The molecule has 0 spiro atoms. The molecule has 0 saturated heterocycles. The number of hydrogen-bond acceptors (Lipinski definition) is 0. The van der Waals surface area contributed by atoms with Gasteiger partial charge in [-0.1, -0.05) is 94.5 Å². The van der Waals surface area contributed by atoms with E-state index >= 15 is 0 Å². The van der Waals surface area contributed by atoms with Crippen LogP contribution in [0.5, 0.6) is 0 Å². The van der Waals surface area contributed by atoms with Crippen LogP contribution in [0.15, 0.2) is 48.5 Å². The van der Waals surface area contributed by atoms with E-state index in [1.165, 1.54) is 56.1 Å². The lowest BCUT2D eigenvalue weighted by molar-refractivity contribution is 0.456. The van der Waals surface area contributed by atoms with Crippen LogP contribution in [-0.2, 0) is 0 Å². The maximum absolute atomic E-state index is 2.35. The van der Waals surface area contributed by atoms with Crippen molar-refractivity contribution >= 4 is 0 Å². The van der Waals surface area contributed by atoms with Gasteiger partial charge in [0, 0.05) is 0 Å². The Bertz CT molecular complexity index is 463. The molecule has 0 radical (unpaired) electrons. The fraction of sp³-hybridized carbons (Fsp3) is 0.524. The first-order valence-corrected chi connectivity index (χ1v) is 8.70. The van der Waals surface area contributed by atoms with Gasteiger partial charge in [0.1, 0.15) is 0 Å². The van der Waals surface area contributed by atoms with Gasteiger partial charge in [-0.25, -0.2) is 0 Å². The summed E-state index contributed by atoms with van der Waals surface area (Å²) in [6, 6.07) is 18.0. The first-order valence-electron chi connectivity index (χ1n) is 8.70. The molecule has 1 aliphatic rings. The SMILES string of the molecule is CC(C)c1cccccc(C2CCCCCCC2)ccc1. The molecule has 1 aliphatic carbocycles. The topological polar surface area (TPSA) is 0 Å². The van der Waals surface area contributed by atoms with E-state index in [-0.39, 0.29) is 0 Å². The fourth-order valence-electron chi connectivity index (χ4n) is 3.23. The summed E-state index contributed by atoms with van der Waals surface area (Å²) in [6.07, 6.45) is 9.79. The molecule has 1 fully saturated rings. The van der Waals surface area contributed by atoms with E-state index in [0.717, 1.165) is 5.92 Å². The Morgan fingerprint density at radius 2 is 1.29 bits per heavy atom. The molecule has 0 nitrogen and oxygen atoms in total. The van der Waals surface area contributed by atoms with Gasteiger partial charge in [-0.2, -0.15) is 0 Å². The number of hydrogen-bond donors (Lipinski definition) is 0. The molecule has 21 heavy (non-hydrogen) atoms. The van der Waals surface area contributed by atoms with Gasteiger partial charge in [-0.3, -0.25) is 0 Å². The lowest BCUT2D eigenvalue weighted by atomic mass is 9.86. The van der Waals surface area contributed by atoms with Gasteiger partial charge >= 0.3 is 0 Å². The van der Waals surface area contributed by atoms with Crippen molar-refractivity contribution < 1.29 is 0 Å². The van der Waals surface area contributed by atoms with Crippen LogP contribution >= 0.6 is 0 Å². The molecule has 114 valence electrons.